The minimum Gasteiger partial charge on any atom is -0.481 e. The first-order valence-electron chi connectivity index (χ1n) is 6.80. The van der Waals surface area contributed by atoms with Crippen LogP contribution in [-0.4, -0.2) is 63.9 Å². The fraction of sp³-hybridized carbons (Fsp3) is 0.286. The van der Waals surface area contributed by atoms with Gasteiger partial charge in [-0.3, -0.25) is 14.4 Å². The SMILES string of the molecule is CNC(CC(=O)O)C(=O)O.O=C(O)CNc1ccc(Br)c(Cl)c1C(=O)O. The van der Waals surface area contributed by atoms with Crippen molar-refractivity contribution < 1.29 is 39.6 Å². The fourth-order valence-electron chi connectivity index (χ4n) is 1.57. The van der Waals surface area contributed by atoms with Crippen LogP contribution in [0.4, 0.5) is 5.69 Å². The Kier molecular flexibility index (Phi) is 10.3. The van der Waals surface area contributed by atoms with E-state index in [1.807, 2.05) is 0 Å². The number of carboxylic acid groups (broad SMARTS) is 4. The van der Waals surface area contributed by atoms with Crippen molar-refractivity contribution in [3.05, 3.63) is 27.2 Å². The number of halogens is 2. The van der Waals surface area contributed by atoms with E-state index in [0.29, 0.717) is 4.47 Å². The Morgan fingerprint density at radius 1 is 1.12 bits per heavy atom. The van der Waals surface area contributed by atoms with Crippen LogP contribution in [0.25, 0.3) is 0 Å². The molecular weight excluding hydrogens is 440 g/mol. The summed E-state index contributed by atoms with van der Waals surface area (Å²) in [6.45, 7) is -0.377. The lowest BCUT2D eigenvalue weighted by molar-refractivity contribution is -0.145. The molecule has 1 aromatic carbocycles. The van der Waals surface area contributed by atoms with E-state index in [1.165, 1.54) is 13.1 Å². The normalized spacial score (nSPS) is 10.9. The topological polar surface area (TPSA) is 173 Å². The van der Waals surface area contributed by atoms with Crippen LogP contribution < -0.4 is 10.6 Å². The average molecular weight is 456 g/mol. The van der Waals surface area contributed by atoms with Crippen molar-refractivity contribution >= 4 is 57.1 Å². The van der Waals surface area contributed by atoms with Crippen molar-refractivity contribution in [2.45, 2.75) is 12.5 Å². The Morgan fingerprint density at radius 3 is 2.04 bits per heavy atom. The van der Waals surface area contributed by atoms with Crippen LogP contribution >= 0.6 is 27.5 Å². The highest BCUT2D eigenvalue weighted by Crippen LogP contribution is 2.31. The molecule has 6 N–H and O–H groups in total. The van der Waals surface area contributed by atoms with Crippen LogP contribution in [0.15, 0.2) is 16.6 Å². The summed E-state index contributed by atoms with van der Waals surface area (Å²) in [4.78, 5) is 41.4. The molecule has 0 spiro atoms. The first-order valence-corrected chi connectivity index (χ1v) is 7.97. The number of nitrogens with one attached hydrogen (secondary N) is 2. The lowest BCUT2D eigenvalue weighted by atomic mass is 10.2. The number of hydrogen-bond acceptors (Lipinski definition) is 6. The predicted molar refractivity (Wildman–Crippen MR) is 95.0 cm³/mol. The van der Waals surface area contributed by atoms with E-state index in [9.17, 15) is 19.2 Å². The zero-order valence-electron chi connectivity index (χ0n) is 13.3. The van der Waals surface area contributed by atoms with E-state index in [-0.39, 0.29) is 22.8 Å². The van der Waals surface area contributed by atoms with E-state index in [0.717, 1.165) is 0 Å². The Morgan fingerprint density at radius 2 is 1.69 bits per heavy atom. The highest BCUT2D eigenvalue weighted by molar-refractivity contribution is 9.10. The molecule has 10 nitrogen and oxygen atoms in total. The number of rotatable bonds is 8. The molecule has 0 aliphatic carbocycles. The number of anilines is 1. The Balaban J connectivity index is 0.000000541. The molecule has 0 radical (unpaired) electrons. The van der Waals surface area contributed by atoms with Crippen molar-refractivity contribution in [1.29, 1.82) is 0 Å². The minimum atomic E-state index is -1.22. The second-order valence-corrected chi connectivity index (χ2v) is 5.85. The van der Waals surface area contributed by atoms with E-state index in [1.54, 1.807) is 6.07 Å². The first kappa shape index (κ1) is 23.6. The van der Waals surface area contributed by atoms with Gasteiger partial charge in [0.1, 0.15) is 18.2 Å². The van der Waals surface area contributed by atoms with Gasteiger partial charge >= 0.3 is 23.9 Å². The number of carbonyl (C=O) groups is 4. The summed E-state index contributed by atoms with van der Waals surface area (Å²) in [5.74, 6) is -4.58. The van der Waals surface area contributed by atoms with Gasteiger partial charge in [-0.15, -0.1) is 0 Å². The third-order valence-electron chi connectivity index (χ3n) is 2.76. The van der Waals surface area contributed by atoms with Gasteiger partial charge in [-0.25, -0.2) is 4.79 Å². The standard InChI is InChI=1S/C9H7BrClNO4.C5H9NO4/c10-4-1-2-5(12-3-6(13)14)7(8(4)11)9(15)16;1-6-3(5(9)10)2-4(7)8/h1-2,12H,3H2,(H,13,14)(H,15,16);3,6H,2H2,1H3,(H,7,8)(H,9,10). The molecule has 0 saturated carbocycles. The maximum absolute atomic E-state index is 10.9. The molecule has 0 heterocycles. The summed E-state index contributed by atoms with van der Waals surface area (Å²) in [6.07, 6.45) is -0.397. The number of likely N-dealkylation sites (N-methyl/N-ethyl adjacent to an activating group) is 1. The van der Waals surface area contributed by atoms with Crippen LogP contribution in [0.5, 0.6) is 0 Å². The summed E-state index contributed by atoms with van der Waals surface area (Å²) in [6, 6.07) is 2.00. The van der Waals surface area contributed by atoms with Gasteiger partial charge in [0.2, 0.25) is 0 Å². The summed E-state index contributed by atoms with van der Waals surface area (Å²) < 4.78 is 0.437. The maximum Gasteiger partial charge on any atom is 0.339 e. The van der Waals surface area contributed by atoms with Gasteiger partial charge in [-0.1, -0.05) is 11.6 Å². The fourth-order valence-corrected chi connectivity index (χ4v) is 2.14. The Hall–Kier alpha value is -2.37. The van der Waals surface area contributed by atoms with Crippen molar-refractivity contribution in [2.75, 3.05) is 18.9 Å². The number of aromatic carboxylic acids is 1. The zero-order chi connectivity index (χ0) is 20.4. The third kappa shape index (κ3) is 8.14. The number of carboxylic acids is 4. The van der Waals surface area contributed by atoms with E-state index < -0.39 is 36.3 Å². The number of benzene rings is 1. The third-order valence-corrected chi connectivity index (χ3v) is 4.05. The molecule has 1 rings (SSSR count). The quantitative estimate of drug-likeness (QED) is 0.336. The molecule has 0 aliphatic heterocycles. The van der Waals surface area contributed by atoms with Crippen LogP contribution in [0.2, 0.25) is 5.02 Å². The average Bonchev–Trinajstić information content (AvgIpc) is 2.53. The highest BCUT2D eigenvalue weighted by Gasteiger charge is 2.18. The van der Waals surface area contributed by atoms with Crippen molar-refractivity contribution in [3.63, 3.8) is 0 Å². The van der Waals surface area contributed by atoms with Gasteiger partial charge in [0.05, 0.1) is 17.1 Å². The highest BCUT2D eigenvalue weighted by atomic mass is 79.9. The summed E-state index contributed by atoms with van der Waals surface area (Å²) in [7, 11) is 1.40. The molecule has 144 valence electrons. The molecule has 0 aliphatic rings. The van der Waals surface area contributed by atoms with Gasteiger partial charge in [0.25, 0.3) is 0 Å². The maximum atomic E-state index is 10.9. The van der Waals surface area contributed by atoms with Crippen LogP contribution in [0.1, 0.15) is 16.8 Å². The second kappa shape index (κ2) is 11.3. The molecule has 26 heavy (non-hydrogen) atoms. The number of hydrogen-bond donors (Lipinski definition) is 6. The molecule has 0 saturated heterocycles. The van der Waals surface area contributed by atoms with Crippen molar-refractivity contribution in [3.8, 4) is 0 Å². The van der Waals surface area contributed by atoms with Crippen LogP contribution in [0, 0.1) is 0 Å². The van der Waals surface area contributed by atoms with Gasteiger partial charge in [0.15, 0.2) is 0 Å². The lowest BCUT2D eigenvalue weighted by Crippen LogP contribution is -2.35. The van der Waals surface area contributed by atoms with Crippen molar-refractivity contribution in [1.82, 2.24) is 5.32 Å². The zero-order valence-corrected chi connectivity index (χ0v) is 15.7. The molecule has 0 amide bonds. The molecule has 0 bridgehead atoms. The lowest BCUT2D eigenvalue weighted by Gasteiger charge is -2.10. The smallest absolute Gasteiger partial charge is 0.339 e. The second-order valence-electron chi connectivity index (χ2n) is 4.61. The first-order chi connectivity index (χ1) is 12.0. The summed E-state index contributed by atoms with van der Waals surface area (Å²) in [5, 5.41) is 38.7. The Labute approximate surface area is 160 Å². The summed E-state index contributed by atoms with van der Waals surface area (Å²) >= 11 is 8.88. The molecule has 12 heteroatoms. The van der Waals surface area contributed by atoms with E-state index in [2.05, 4.69) is 26.6 Å². The van der Waals surface area contributed by atoms with Crippen molar-refractivity contribution in [2.24, 2.45) is 0 Å². The van der Waals surface area contributed by atoms with Crippen LogP contribution in [0.3, 0.4) is 0 Å². The molecule has 0 aromatic heterocycles. The van der Waals surface area contributed by atoms with E-state index >= 15 is 0 Å². The summed E-state index contributed by atoms with van der Waals surface area (Å²) in [5.41, 5.74) is 0.0143. The molecular formula is C14H16BrClN2O8. The van der Waals surface area contributed by atoms with Crippen LogP contribution in [-0.2, 0) is 14.4 Å². The molecule has 1 unspecified atom stereocenters. The Bertz CT molecular complexity index is 698. The molecule has 0 fully saturated rings. The molecule has 1 aromatic rings. The predicted octanol–water partition coefficient (Wildman–Crippen LogP) is 1.43. The van der Waals surface area contributed by atoms with E-state index in [4.69, 9.17) is 32.0 Å². The van der Waals surface area contributed by atoms with Gasteiger partial charge < -0.3 is 31.1 Å². The van der Waals surface area contributed by atoms with Gasteiger partial charge in [0, 0.05) is 4.47 Å². The monoisotopic (exact) mass is 454 g/mol. The van der Waals surface area contributed by atoms with Gasteiger partial charge in [-0.05, 0) is 35.1 Å². The largest absolute Gasteiger partial charge is 0.481 e. The van der Waals surface area contributed by atoms with Gasteiger partial charge in [-0.2, -0.15) is 0 Å². The molecule has 1 atom stereocenters. The minimum absolute atomic E-state index is 0.0305. The number of aliphatic carboxylic acids is 3.